The highest BCUT2D eigenvalue weighted by atomic mass is 32.2. The van der Waals surface area contributed by atoms with Gasteiger partial charge in [-0.3, -0.25) is 0 Å². The molecule has 0 aromatic heterocycles. The van der Waals surface area contributed by atoms with Crippen molar-refractivity contribution in [2.24, 2.45) is 11.8 Å². The molecule has 12 heteroatoms. The number of rotatable bonds is 19. The van der Waals surface area contributed by atoms with Crippen molar-refractivity contribution >= 4 is 32.8 Å². The molecule has 324 valence electrons. The van der Waals surface area contributed by atoms with E-state index in [1.807, 2.05) is 6.07 Å². The van der Waals surface area contributed by atoms with Crippen molar-refractivity contribution in [3.63, 3.8) is 0 Å². The Hall–Kier alpha value is -1.49. The molecule has 4 rings (SSSR count). The molecular formula is C45H76O9SSi2. The molecule has 3 fully saturated rings. The smallest absolute Gasteiger partial charge is 0.192 e. The number of sulfone groups is 1. The highest BCUT2D eigenvalue weighted by Crippen LogP contribution is 2.44. The molecule has 3 heterocycles. The van der Waals surface area contributed by atoms with Gasteiger partial charge >= 0.3 is 0 Å². The summed E-state index contributed by atoms with van der Waals surface area (Å²) in [7, 11) is -6.37. The predicted octanol–water partition coefficient (Wildman–Crippen LogP) is 9.87. The van der Waals surface area contributed by atoms with Gasteiger partial charge in [0, 0.05) is 32.3 Å². The second kappa shape index (κ2) is 19.5. The van der Waals surface area contributed by atoms with Crippen molar-refractivity contribution in [2.45, 2.75) is 190 Å². The van der Waals surface area contributed by atoms with Crippen LogP contribution in [0.4, 0.5) is 0 Å². The lowest BCUT2D eigenvalue weighted by molar-refractivity contribution is -0.108. The topological polar surface area (TPSA) is 107 Å². The van der Waals surface area contributed by atoms with Crippen LogP contribution in [0.1, 0.15) is 99.8 Å². The Labute approximate surface area is 348 Å². The van der Waals surface area contributed by atoms with Crippen LogP contribution in [0.5, 0.6) is 0 Å². The van der Waals surface area contributed by atoms with E-state index in [0.717, 1.165) is 49.5 Å². The van der Waals surface area contributed by atoms with Gasteiger partial charge in [0.1, 0.15) is 6.29 Å². The van der Waals surface area contributed by atoms with Crippen molar-refractivity contribution in [3.8, 4) is 0 Å². The van der Waals surface area contributed by atoms with Gasteiger partial charge in [0.15, 0.2) is 26.5 Å². The van der Waals surface area contributed by atoms with Crippen molar-refractivity contribution in [1.82, 2.24) is 0 Å². The molecule has 0 spiro atoms. The molecule has 9 nitrogen and oxygen atoms in total. The zero-order chi connectivity index (χ0) is 42.6. The van der Waals surface area contributed by atoms with Gasteiger partial charge in [-0.25, -0.2) is 8.42 Å². The Kier molecular flexibility index (Phi) is 16.5. The molecule has 3 saturated heterocycles. The molecule has 57 heavy (non-hydrogen) atoms. The second-order valence-electron chi connectivity index (χ2n) is 20.1. The first-order chi connectivity index (χ1) is 26.4. The third-order valence-corrected chi connectivity index (χ3v) is 24.6. The van der Waals surface area contributed by atoms with E-state index < -0.39 is 50.7 Å². The number of hydrogen-bond acceptors (Lipinski definition) is 9. The molecule has 0 saturated carbocycles. The van der Waals surface area contributed by atoms with Gasteiger partial charge in [0.25, 0.3) is 0 Å². The molecule has 1 aromatic rings. The summed E-state index contributed by atoms with van der Waals surface area (Å²) in [6, 6.07) is 8.66. The molecule has 0 bridgehead atoms. The largest absolute Gasteiger partial charge is 0.414 e. The van der Waals surface area contributed by atoms with Crippen LogP contribution in [0.15, 0.2) is 59.5 Å². The van der Waals surface area contributed by atoms with Gasteiger partial charge in [0.05, 0.1) is 66.1 Å². The quantitative estimate of drug-likeness (QED) is 0.0764. The van der Waals surface area contributed by atoms with Crippen LogP contribution in [0.2, 0.25) is 36.3 Å². The van der Waals surface area contributed by atoms with E-state index in [9.17, 15) is 13.2 Å². The number of carbonyl (C=O) groups excluding carboxylic acids is 1. The molecule has 0 aliphatic carbocycles. The third-order valence-electron chi connectivity index (χ3n) is 13.7. The van der Waals surface area contributed by atoms with Gasteiger partial charge in [-0.2, -0.15) is 0 Å². The summed E-state index contributed by atoms with van der Waals surface area (Å²) in [5.41, 5.74) is 2.09. The Morgan fingerprint density at radius 1 is 0.877 bits per heavy atom. The molecule has 0 N–H and O–H groups in total. The van der Waals surface area contributed by atoms with Gasteiger partial charge in [-0.05, 0) is 97.6 Å². The monoisotopic (exact) mass is 848 g/mol. The van der Waals surface area contributed by atoms with Crippen LogP contribution in [-0.2, 0) is 42.4 Å². The number of benzene rings is 1. The van der Waals surface area contributed by atoms with Crippen LogP contribution in [0.3, 0.4) is 0 Å². The molecule has 0 radical (unpaired) electrons. The SMILES string of the molecule is C=C1C[C@H](CCC=O)OC1CC[C@H]1C[C@@H](C)C(=C)[C@@H](C[C@@H]2O[C@H](C[C@@H](CO[Si](C)(C)C(C)(C)C)O[Si](C)(C)C(C)(C)C)[C@H](OC)[C@H]2CS(=O)(=O)c2ccccc2)O1. The number of ether oxygens (including phenoxy) is 4. The Bertz CT molecular complexity index is 1600. The zero-order valence-corrected chi connectivity index (χ0v) is 40.1. The van der Waals surface area contributed by atoms with E-state index in [1.54, 1.807) is 31.4 Å². The molecule has 3 aliphatic rings. The summed E-state index contributed by atoms with van der Waals surface area (Å²) < 4.78 is 68.5. The van der Waals surface area contributed by atoms with Crippen molar-refractivity contribution in [1.29, 1.82) is 0 Å². The standard InChI is InChI=1S/C45H76O9SSi2/c1-31-25-35(22-23-39-32(2)26-34(51-39)19-18-24-46)52-40(33(31)3)28-41-38(30-55(47,48)37-20-16-15-17-21-37)43(49-10)42(53-41)27-36(54-57(13,14)45(7,8)9)29-50-56(11,12)44(4,5)6/h15-17,20-21,24,31,34-36,38-43H,2-3,18-19,22-23,25-30H2,1,4-14H3/t31-,34+,35+,36+,38+,39?,40-,41+,42-,43-/m1/s1. The van der Waals surface area contributed by atoms with E-state index in [4.69, 9.17) is 27.8 Å². The number of hydrogen-bond donors (Lipinski definition) is 0. The third kappa shape index (κ3) is 12.5. The van der Waals surface area contributed by atoms with Crippen molar-refractivity contribution < 1.29 is 41.0 Å². The lowest BCUT2D eigenvalue weighted by Gasteiger charge is -2.42. The summed E-state index contributed by atoms with van der Waals surface area (Å²) in [4.78, 5) is 11.2. The highest BCUT2D eigenvalue weighted by molar-refractivity contribution is 7.91. The van der Waals surface area contributed by atoms with Crippen molar-refractivity contribution in [3.05, 3.63) is 54.6 Å². The molecule has 1 unspecified atom stereocenters. The molecule has 1 aromatic carbocycles. The fourth-order valence-corrected chi connectivity index (χ4v) is 12.1. The lowest BCUT2D eigenvalue weighted by atomic mass is 9.83. The first-order valence-electron chi connectivity index (χ1n) is 21.3. The fourth-order valence-electron chi connectivity index (χ4n) is 8.01. The van der Waals surface area contributed by atoms with Crippen LogP contribution in [0, 0.1) is 11.8 Å². The van der Waals surface area contributed by atoms with Gasteiger partial charge in [0.2, 0.25) is 0 Å². The summed E-state index contributed by atoms with van der Waals surface area (Å²) in [5, 5.41) is 0.0137. The predicted molar refractivity (Wildman–Crippen MR) is 234 cm³/mol. The lowest BCUT2D eigenvalue weighted by Crippen LogP contribution is -2.49. The molecular weight excluding hydrogens is 773 g/mol. The maximum Gasteiger partial charge on any atom is 0.192 e. The first kappa shape index (κ1) is 48.2. The van der Waals surface area contributed by atoms with Crippen LogP contribution >= 0.6 is 0 Å². The van der Waals surface area contributed by atoms with E-state index in [2.05, 4.69) is 87.8 Å². The minimum absolute atomic E-state index is 0.0160. The normalized spacial score (nSPS) is 29.9. The highest BCUT2D eigenvalue weighted by Gasteiger charge is 2.50. The van der Waals surface area contributed by atoms with Crippen LogP contribution in [-0.4, -0.2) is 99.6 Å². The summed E-state index contributed by atoms with van der Waals surface area (Å²) >= 11 is 0. The molecule has 0 amide bonds. The van der Waals surface area contributed by atoms with Crippen LogP contribution in [0.25, 0.3) is 0 Å². The van der Waals surface area contributed by atoms with Gasteiger partial charge in [-0.1, -0.05) is 79.8 Å². The number of aldehydes is 1. The maximum atomic E-state index is 14.1. The summed E-state index contributed by atoms with van der Waals surface area (Å²) in [6.45, 7) is 33.9. The van der Waals surface area contributed by atoms with E-state index in [1.165, 1.54) is 0 Å². The minimum Gasteiger partial charge on any atom is -0.414 e. The number of methoxy groups -OCH3 is 1. The Morgan fingerprint density at radius 3 is 2.11 bits per heavy atom. The van der Waals surface area contributed by atoms with E-state index in [0.29, 0.717) is 30.8 Å². The van der Waals surface area contributed by atoms with E-state index >= 15 is 0 Å². The summed E-state index contributed by atoms with van der Waals surface area (Å²) in [5.74, 6) is -0.348. The average Bonchev–Trinajstić information content (AvgIpc) is 3.63. The maximum absolute atomic E-state index is 14.1. The fraction of sp³-hybridized carbons (Fsp3) is 0.756. The molecule has 10 atom stereocenters. The average molecular weight is 849 g/mol. The van der Waals surface area contributed by atoms with Gasteiger partial charge < -0.3 is 32.6 Å². The molecule has 3 aliphatic heterocycles. The number of carbonyl (C=O) groups is 1. The minimum atomic E-state index is -3.68. The second-order valence-corrected chi connectivity index (χ2v) is 31.7. The Balaban J connectivity index is 1.60. The summed E-state index contributed by atoms with van der Waals surface area (Å²) in [6.07, 6.45) is 4.44. The van der Waals surface area contributed by atoms with Gasteiger partial charge in [-0.15, -0.1) is 0 Å². The first-order valence-corrected chi connectivity index (χ1v) is 28.7. The van der Waals surface area contributed by atoms with Crippen LogP contribution < -0.4 is 0 Å². The Morgan fingerprint density at radius 2 is 1.51 bits per heavy atom. The van der Waals surface area contributed by atoms with E-state index in [-0.39, 0.29) is 52.3 Å². The zero-order valence-electron chi connectivity index (χ0n) is 37.3. The van der Waals surface area contributed by atoms with Crippen molar-refractivity contribution in [2.75, 3.05) is 19.5 Å².